The van der Waals surface area contributed by atoms with Crippen molar-refractivity contribution >= 4 is 23.2 Å². The number of nitrogens with one attached hydrogen (secondary N) is 1. The average Bonchev–Trinajstić information content (AvgIpc) is 2.94. The lowest BCUT2D eigenvalue weighted by atomic mass is 10.1. The SMILES string of the molecule is CC(C)CCC(=O)Nc1ccc(-c2ccc(CO)o2)c(Cl)c1. The molecule has 22 heavy (non-hydrogen) atoms. The highest BCUT2D eigenvalue weighted by Crippen LogP contribution is 2.31. The van der Waals surface area contributed by atoms with Gasteiger partial charge in [-0.1, -0.05) is 25.4 Å². The van der Waals surface area contributed by atoms with Crippen LogP contribution in [0.1, 0.15) is 32.4 Å². The Bertz CT molecular complexity index is 649. The van der Waals surface area contributed by atoms with Crippen LogP contribution in [-0.2, 0) is 11.4 Å². The zero-order chi connectivity index (χ0) is 16.1. The predicted molar refractivity (Wildman–Crippen MR) is 87.8 cm³/mol. The fourth-order valence-corrected chi connectivity index (χ4v) is 2.32. The number of hydrogen-bond acceptors (Lipinski definition) is 3. The van der Waals surface area contributed by atoms with Crippen LogP contribution in [0, 0.1) is 5.92 Å². The third kappa shape index (κ3) is 4.36. The van der Waals surface area contributed by atoms with Crippen LogP contribution in [0.5, 0.6) is 0 Å². The molecule has 0 fully saturated rings. The Morgan fingerprint density at radius 2 is 2.09 bits per heavy atom. The maximum atomic E-state index is 11.8. The molecule has 0 aliphatic heterocycles. The smallest absolute Gasteiger partial charge is 0.224 e. The van der Waals surface area contributed by atoms with Gasteiger partial charge >= 0.3 is 0 Å². The summed E-state index contributed by atoms with van der Waals surface area (Å²) in [6.07, 6.45) is 1.35. The molecule has 0 spiro atoms. The Hall–Kier alpha value is -1.78. The van der Waals surface area contributed by atoms with Gasteiger partial charge in [0.15, 0.2) is 0 Å². The Morgan fingerprint density at radius 1 is 1.32 bits per heavy atom. The summed E-state index contributed by atoms with van der Waals surface area (Å²) in [4.78, 5) is 11.8. The zero-order valence-electron chi connectivity index (χ0n) is 12.7. The minimum Gasteiger partial charge on any atom is -0.459 e. The molecule has 0 bridgehead atoms. The second-order valence-electron chi connectivity index (χ2n) is 5.60. The van der Waals surface area contributed by atoms with E-state index in [1.807, 2.05) is 0 Å². The van der Waals surface area contributed by atoms with Crippen LogP contribution >= 0.6 is 11.6 Å². The molecule has 5 heteroatoms. The first-order chi connectivity index (χ1) is 10.5. The third-order valence-electron chi connectivity index (χ3n) is 3.28. The number of carbonyl (C=O) groups is 1. The Kier molecular flexibility index (Phi) is 5.63. The highest BCUT2D eigenvalue weighted by Gasteiger charge is 2.10. The van der Waals surface area contributed by atoms with Crippen molar-refractivity contribution < 1.29 is 14.3 Å². The molecular formula is C17H20ClNO3. The third-order valence-corrected chi connectivity index (χ3v) is 3.60. The summed E-state index contributed by atoms with van der Waals surface area (Å²) in [7, 11) is 0. The van der Waals surface area contributed by atoms with Crippen LogP contribution in [0.2, 0.25) is 5.02 Å². The Morgan fingerprint density at radius 3 is 2.68 bits per heavy atom. The number of halogens is 1. The highest BCUT2D eigenvalue weighted by molar-refractivity contribution is 6.33. The van der Waals surface area contributed by atoms with E-state index in [1.165, 1.54) is 0 Å². The highest BCUT2D eigenvalue weighted by atomic mass is 35.5. The van der Waals surface area contributed by atoms with Gasteiger partial charge in [0.1, 0.15) is 18.1 Å². The maximum Gasteiger partial charge on any atom is 0.224 e. The molecule has 0 saturated heterocycles. The van der Waals surface area contributed by atoms with Crippen molar-refractivity contribution in [2.24, 2.45) is 5.92 Å². The summed E-state index contributed by atoms with van der Waals surface area (Å²) in [6.45, 7) is 4.02. The van der Waals surface area contributed by atoms with Crippen LogP contribution in [0.15, 0.2) is 34.7 Å². The summed E-state index contributed by atoms with van der Waals surface area (Å²) in [5.74, 6) is 1.55. The van der Waals surface area contributed by atoms with Gasteiger partial charge in [0.2, 0.25) is 5.91 Å². The molecule has 0 unspecified atom stereocenters. The van der Waals surface area contributed by atoms with Crippen molar-refractivity contribution in [1.29, 1.82) is 0 Å². The Balaban J connectivity index is 2.07. The number of anilines is 1. The monoisotopic (exact) mass is 321 g/mol. The van der Waals surface area contributed by atoms with Gasteiger partial charge in [-0.3, -0.25) is 4.79 Å². The predicted octanol–water partition coefficient (Wildman–Crippen LogP) is 4.47. The van der Waals surface area contributed by atoms with Gasteiger partial charge in [0, 0.05) is 17.7 Å². The lowest BCUT2D eigenvalue weighted by Crippen LogP contribution is -2.12. The average molecular weight is 322 g/mol. The van der Waals surface area contributed by atoms with E-state index in [0.29, 0.717) is 34.6 Å². The quantitative estimate of drug-likeness (QED) is 0.825. The van der Waals surface area contributed by atoms with E-state index in [-0.39, 0.29) is 12.5 Å². The lowest BCUT2D eigenvalue weighted by molar-refractivity contribution is -0.116. The molecule has 1 aromatic carbocycles. The molecule has 0 aliphatic carbocycles. The van der Waals surface area contributed by atoms with Crippen molar-refractivity contribution in [3.05, 3.63) is 41.1 Å². The fourth-order valence-electron chi connectivity index (χ4n) is 2.04. The Labute approximate surface area is 135 Å². The summed E-state index contributed by atoms with van der Waals surface area (Å²) in [5, 5.41) is 12.4. The van der Waals surface area contributed by atoms with Crippen molar-refractivity contribution in [2.45, 2.75) is 33.3 Å². The molecule has 0 saturated carbocycles. The molecule has 0 atom stereocenters. The standard InChI is InChI=1S/C17H20ClNO3/c1-11(2)3-8-17(21)19-12-4-6-14(15(18)9-12)16-7-5-13(10-20)22-16/h4-7,9,11,20H,3,8,10H2,1-2H3,(H,19,21). The molecule has 4 nitrogen and oxygen atoms in total. The van der Waals surface area contributed by atoms with Crippen molar-refractivity contribution in [1.82, 2.24) is 0 Å². The number of benzene rings is 1. The van der Waals surface area contributed by atoms with Crippen molar-refractivity contribution in [3.8, 4) is 11.3 Å². The molecule has 2 aromatic rings. The van der Waals surface area contributed by atoms with E-state index in [2.05, 4.69) is 19.2 Å². The summed E-state index contributed by atoms with van der Waals surface area (Å²) in [6, 6.07) is 8.74. The zero-order valence-corrected chi connectivity index (χ0v) is 13.5. The van der Waals surface area contributed by atoms with Gasteiger partial charge in [0.05, 0.1) is 5.02 Å². The molecule has 0 radical (unpaired) electrons. The number of carbonyl (C=O) groups excluding carboxylic acids is 1. The number of aliphatic hydroxyl groups is 1. The van der Waals surface area contributed by atoms with Crippen molar-refractivity contribution in [2.75, 3.05) is 5.32 Å². The molecule has 1 amide bonds. The van der Waals surface area contributed by atoms with Crippen LogP contribution in [0.4, 0.5) is 5.69 Å². The molecule has 2 rings (SSSR count). The van der Waals surface area contributed by atoms with Gasteiger partial charge in [-0.25, -0.2) is 0 Å². The first-order valence-corrected chi connectivity index (χ1v) is 7.66. The summed E-state index contributed by atoms with van der Waals surface area (Å²) < 4.78 is 5.46. The van der Waals surface area contributed by atoms with Gasteiger partial charge in [-0.05, 0) is 42.7 Å². The minimum atomic E-state index is -0.151. The molecular weight excluding hydrogens is 302 g/mol. The number of aliphatic hydroxyl groups excluding tert-OH is 1. The lowest BCUT2D eigenvalue weighted by Gasteiger charge is -2.08. The van der Waals surface area contributed by atoms with Crippen LogP contribution in [-0.4, -0.2) is 11.0 Å². The minimum absolute atomic E-state index is 0.0157. The topological polar surface area (TPSA) is 62.5 Å². The number of furan rings is 1. The summed E-state index contributed by atoms with van der Waals surface area (Å²) in [5.41, 5.74) is 1.39. The second-order valence-corrected chi connectivity index (χ2v) is 6.01. The maximum absolute atomic E-state index is 11.8. The van der Waals surface area contributed by atoms with E-state index in [4.69, 9.17) is 21.1 Å². The van der Waals surface area contributed by atoms with Crippen LogP contribution < -0.4 is 5.32 Å². The molecule has 2 N–H and O–H groups in total. The largest absolute Gasteiger partial charge is 0.459 e. The van der Waals surface area contributed by atoms with Crippen LogP contribution in [0.3, 0.4) is 0 Å². The van der Waals surface area contributed by atoms with E-state index in [1.54, 1.807) is 30.3 Å². The van der Waals surface area contributed by atoms with Gasteiger partial charge < -0.3 is 14.8 Å². The molecule has 1 heterocycles. The van der Waals surface area contributed by atoms with Gasteiger partial charge in [-0.2, -0.15) is 0 Å². The number of rotatable bonds is 6. The first kappa shape index (κ1) is 16.6. The van der Waals surface area contributed by atoms with E-state index >= 15 is 0 Å². The summed E-state index contributed by atoms with van der Waals surface area (Å²) >= 11 is 6.25. The molecule has 0 aliphatic rings. The number of amides is 1. The fraction of sp³-hybridized carbons (Fsp3) is 0.353. The van der Waals surface area contributed by atoms with E-state index in [9.17, 15) is 4.79 Å². The normalized spacial score (nSPS) is 11.0. The molecule has 118 valence electrons. The second kappa shape index (κ2) is 7.47. The van der Waals surface area contributed by atoms with E-state index in [0.717, 1.165) is 12.0 Å². The number of hydrogen-bond donors (Lipinski definition) is 2. The molecule has 1 aromatic heterocycles. The van der Waals surface area contributed by atoms with Gasteiger partial charge in [0.25, 0.3) is 0 Å². The first-order valence-electron chi connectivity index (χ1n) is 7.29. The van der Waals surface area contributed by atoms with Crippen LogP contribution in [0.25, 0.3) is 11.3 Å². The van der Waals surface area contributed by atoms with E-state index < -0.39 is 0 Å². The van der Waals surface area contributed by atoms with Gasteiger partial charge in [-0.15, -0.1) is 0 Å². The van der Waals surface area contributed by atoms with Crippen molar-refractivity contribution in [3.63, 3.8) is 0 Å².